The van der Waals surface area contributed by atoms with Crippen LogP contribution in [-0.2, 0) is 9.53 Å². The molecular weight excluding hydrogens is 379 g/mol. The maximum Gasteiger partial charge on any atom is 0.337 e. The number of benzene rings is 2. The van der Waals surface area contributed by atoms with Gasteiger partial charge in [-0.1, -0.05) is 23.2 Å². The molecule has 0 radical (unpaired) electrons. The lowest BCUT2D eigenvalue weighted by molar-refractivity contribution is -0.114. The van der Waals surface area contributed by atoms with E-state index < -0.39 is 5.97 Å². The van der Waals surface area contributed by atoms with E-state index in [-0.39, 0.29) is 12.5 Å². The molecule has 0 spiro atoms. The zero-order valence-electron chi connectivity index (χ0n) is 14.5. The van der Waals surface area contributed by atoms with Crippen molar-refractivity contribution in [1.29, 1.82) is 0 Å². The van der Waals surface area contributed by atoms with Gasteiger partial charge in [0.2, 0.25) is 5.91 Å². The lowest BCUT2D eigenvalue weighted by Gasteiger charge is -2.13. The molecule has 138 valence electrons. The van der Waals surface area contributed by atoms with Crippen molar-refractivity contribution in [3.63, 3.8) is 0 Å². The van der Waals surface area contributed by atoms with E-state index in [1.165, 1.54) is 20.3 Å². The second-order valence-electron chi connectivity index (χ2n) is 5.39. The maximum absolute atomic E-state index is 12.2. The fourth-order valence-electron chi connectivity index (χ4n) is 2.21. The first-order valence-electron chi connectivity index (χ1n) is 7.61. The van der Waals surface area contributed by atoms with Gasteiger partial charge in [0.05, 0.1) is 42.7 Å². The third-order valence-electron chi connectivity index (χ3n) is 3.58. The van der Waals surface area contributed by atoms with Gasteiger partial charge in [0, 0.05) is 11.1 Å². The Morgan fingerprint density at radius 2 is 1.77 bits per heavy atom. The summed E-state index contributed by atoms with van der Waals surface area (Å²) < 4.78 is 9.89. The minimum atomic E-state index is -0.490. The maximum atomic E-state index is 12.2. The van der Waals surface area contributed by atoms with Crippen molar-refractivity contribution in [2.75, 3.05) is 31.4 Å². The Hall–Kier alpha value is -2.44. The average Bonchev–Trinajstić information content (AvgIpc) is 2.63. The summed E-state index contributed by atoms with van der Waals surface area (Å²) in [5.41, 5.74) is 2.10. The Morgan fingerprint density at radius 3 is 2.42 bits per heavy atom. The molecule has 0 saturated heterocycles. The predicted molar refractivity (Wildman–Crippen MR) is 103 cm³/mol. The third kappa shape index (κ3) is 4.80. The summed E-state index contributed by atoms with van der Waals surface area (Å²) in [6, 6.07) is 7.98. The molecule has 6 nitrogen and oxygen atoms in total. The van der Waals surface area contributed by atoms with Gasteiger partial charge in [-0.05, 0) is 36.8 Å². The molecule has 0 aliphatic carbocycles. The Balaban J connectivity index is 2.08. The van der Waals surface area contributed by atoms with Crippen LogP contribution in [0.2, 0.25) is 10.0 Å². The number of ether oxygens (including phenoxy) is 2. The molecule has 26 heavy (non-hydrogen) atoms. The van der Waals surface area contributed by atoms with Gasteiger partial charge in [-0.25, -0.2) is 4.79 Å². The molecule has 8 heteroatoms. The van der Waals surface area contributed by atoms with Crippen LogP contribution in [0.25, 0.3) is 0 Å². The Bertz CT molecular complexity index is 840. The van der Waals surface area contributed by atoms with Crippen LogP contribution >= 0.6 is 23.2 Å². The molecule has 2 aromatic carbocycles. The van der Waals surface area contributed by atoms with Gasteiger partial charge in [-0.2, -0.15) is 0 Å². The van der Waals surface area contributed by atoms with Gasteiger partial charge in [0.1, 0.15) is 5.75 Å². The van der Waals surface area contributed by atoms with Crippen molar-refractivity contribution in [2.45, 2.75) is 6.92 Å². The fraction of sp³-hybridized carbons (Fsp3) is 0.222. The molecule has 0 aromatic heterocycles. The second-order valence-corrected chi connectivity index (χ2v) is 6.20. The summed E-state index contributed by atoms with van der Waals surface area (Å²) in [4.78, 5) is 23.8. The highest BCUT2D eigenvalue weighted by Gasteiger charge is 2.12. The van der Waals surface area contributed by atoms with E-state index >= 15 is 0 Å². The number of carbonyl (C=O) groups is 2. The minimum Gasteiger partial charge on any atom is -0.495 e. The molecule has 0 heterocycles. The van der Waals surface area contributed by atoms with Crippen molar-refractivity contribution in [3.05, 3.63) is 51.5 Å². The summed E-state index contributed by atoms with van der Waals surface area (Å²) in [6.45, 7) is 1.77. The normalized spacial score (nSPS) is 10.2. The lowest BCUT2D eigenvalue weighted by atomic mass is 10.2. The zero-order chi connectivity index (χ0) is 19.3. The SMILES string of the molecule is COC(=O)c1ccc(Cl)c(NCC(=O)Nc2cc(C)c(Cl)cc2OC)c1. The molecular formula is C18H18Cl2N2O4. The van der Waals surface area contributed by atoms with Crippen LogP contribution < -0.4 is 15.4 Å². The molecule has 2 aromatic rings. The fourth-order valence-corrected chi connectivity index (χ4v) is 2.54. The number of esters is 1. The Labute approximate surface area is 161 Å². The summed E-state index contributed by atoms with van der Waals surface area (Å²) in [5.74, 6) is -0.347. The van der Waals surface area contributed by atoms with Gasteiger partial charge in [0.25, 0.3) is 0 Å². The van der Waals surface area contributed by atoms with E-state index in [0.717, 1.165) is 5.56 Å². The number of hydrogen-bond acceptors (Lipinski definition) is 5. The van der Waals surface area contributed by atoms with Crippen molar-refractivity contribution in [3.8, 4) is 5.75 Å². The first-order chi connectivity index (χ1) is 12.3. The summed E-state index contributed by atoms with van der Waals surface area (Å²) in [6.07, 6.45) is 0. The van der Waals surface area contributed by atoms with Crippen LogP contribution in [0.5, 0.6) is 5.75 Å². The number of hydrogen-bond donors (Lipinski definition) is 2. The molecule has 0 bridgehead atoms. The van der Waals surface area contributed by atoms with Crippen LogP contribution in [-0.4, -0.2) is 32.6 Å². The van der Waals surface area contributed by atoms with E-state index in [4.69, 9.17) is 27.9 Å². The van der Waals surface area contributed by atoms with Crippen LogP contribution in [0, 0.1) is 6.92 Å². The topological polar surface area (TPSA) is 76.7 Å². The van der Waals surface area contributed by atoms with Crippen molar-refractivity contribution in [2.24, 2.45) is 0 Å². The number of halogens is 2. The Morgan fingerprint density at radius 1 is 1.04 bits per heavy atom. The van der Waals surface area contributed by atoms with Crippen molar-refractivity contribution in [1.82, 2.24) is 0 Å². The number of carbonyl (C=O) groups excluding carboxylic acids is 2. The highest BCUT2D eigenvalue weighted by atomic mass is 35.5. The van der Waals surface area contributed by atoms with Gasteiger partial charge in [0.15, 0.2) is 0 Å². The molecule has 0 aliphatic heterocycles. The van der Waals surface area contributed by atoms with E-state index in [9.17, 15) is 9.59 Å². The summed E-state index contributed by atoms with van der Waals surface area (Å²) >= 11 is 12.1. The van der Waals surface area contributed by atoms with Gasteiger partial charge < -0.3 is 20.1 Å². The average molecular weight is 397 g/mol. The number of nitrogens with one attached hydrogen (secondary N) is 2. The van der Waals surface area contributed by atoms with Gasteiger partial charge in [-0.3, -0.25) is 4.79 Å². The number of anilines is 2. The van der Waals surface area contributed by atoms with Crippen LogP contribution in [0.15, 0.2) is 30.3 Å². The molecule has 0 atom stereocenters. The van der Waals surface area contributed by atoms with Crippen molar-refractivity contribution < 1.29 is 19.1 Å². The summed E-state index contributed by atoms with van der Waals surface area (Å²) in [7, 11) is 2.78. The standard InChI is InChI=1S/C18H18Cl2N2O4/c1-10-6-15(16(25-2)8-13(10)20)22-17(23)9-21-14-7-11(18(24)26-3)4-5-12(14)19/h4-8,21H,9H2,1-3H3,(H,22,23). The molecule has 0 saturated carbocycles. The monoisotopic (exact) mass is 396 g/mol. The first-order valence-corrected chi connectivity index (χ1v) is 8.37. The van der Waals surface area contributed by atoms with E-state index in [2.05, 4.69) is 15.4 Å². The van der Waals surface area contributed by atoms with Crippen LogP contribution in [0.3, 0.4) is 0 Å². The number of methoxy groups -OCH3 is 2. The van der Waals surface area contributed by atoms with E-state index in [0.29, 0.717) is 32.7 Å². The molecule has 2 rings (SSSR count). The van der Waals surface area contributed by atoms with Crippen LogP contribution in [0.4, 0.5) is 11.4 Å². The van der Waals surface area contributed by atoms with Crippen LogP contribution in [0.1, 0.15) is 15.9 Å². The number of rotatable bonds is 6. The number of aryl methyl sites for hydroxylation is 1. The van der Waals surface area contributed by atoms with Gasteiger partial charge >= 0.3 is 5.97 Å². The van der Waals surface area contributed by atoms with E-state index in [1.807, 2.05) is 6.92 Å². The molecule has 1 amide bonds. The second kappa shape index (κ2) is 8.78. The van der Waals surface area contributed by atoms with Crippen molar-refractivity contribution >= 4 is 46.5 Å². The summed E-state index contributed by atoms with van der Waals surface area (Å²) in [5, 5.41) is 6.57. The lowest BCUT2D eigenvalue weighted by Crippen LogP contribution is -2.22. The predicted octanol–water partition coefficient (Wildman–Crippen LogP) is 4.15. The Kier molecular flexibility index (Phi) is 6.71. The largest absolute Gasteiger partial charge is 0.495 e. The highest BCUT2D eigenvalue weighted by Crippen LogP contribution is 2.31. The highest BCUT2D eigenvalue weighted by molar-refractivity contribution is 6.33. The molecule has 2 N–H and O–H groups in total. The van der Waals surface area contributed by atoms with E-state index in [1.54, 1.807) is 24.3 Å². The molecule has 0 aliphatic rings. The minimum absolute atomic E-state index is 0.0603. The smallest absolute Gasteiger partial charge is 0.337 e. The number of amides is 1. The zero-order valence-corrected chi connectivity index (χ0v) is 16.0. The molecule has 0 fully saturated rings. The van der Waals surface area contributed by atoms with Gasteiger partial charge in [-0.15, -0.1) is 0 Å². The molecule has 0 unspecified atom stereocenters. The quantitative estimate of drug-likeness (QED) is 0.717. The third-order valence-corrected chi connectivity index (χ3v) is 4.32. The first kappa shape index (κ1) is 19.9.